The summed E-state index contributed by atoms with van der Waals surface area (Å²) < 4.78 is 5.46. The summed E-state index contributed by atoms with van der Waals surface area (Å²) in [5, 5.41) is 3.52. The average Bonchev–Trinajstić information content (AvgIpc) is 2.49. The minimum atomic E-state index is 0.721. The average molecular weight is 259 g/mol. The van der Waals surface area contributed by atoms with E-state index in [4.69, 9.17) is 4.74 Å². The van der Waals surface area contributed by atoms with Gasteiger partial charge in [0, 0.05) is 13.2 Å². The highest BCUT2D eigenvalue weighted by atomic mass is 16.5. The molecule has 1 aromatic carbocycles. The molecule has 2 heteroatoms. The van der Waals surface area contributed by atoms with Crippen LogP contribution in [-0.4, -0.2) is 26.3 Å². The molecule has 1 aromatic rings. The minimum Gasteiger partial charge on any atom is -0.381 e. The Kier molecular flexibility index (Phi) is 4.52. The topological polar surface area (TPSA) is 21.3 Å². The molecule has 0 bridgehead atoms. The van der Waals surface area contributed by atoms with Crippen molar-refractivity contribution in [2.45, 2.75) is 38.0 Å². The van der Waals surface area contributed by atoms with Crippen LogP contribution in [0.3, 0.4) is 0 Å². The highest BCUT2D eigenvalue weighted by molar-refractivity contribution is 5.27. The van der Waals surface area contributed by atoms with Gasteiger partial charge in [-0.15, -0.1) is 0 Å². The second-order valence-electron chi connectivity index (χ2n) is 6.05. The summed E-state index contributed by atoms with van der Waals surface area (Å²) >= 11 is 0. The first-order chi connectivity index (χ1) is 9.42. The van der Waals surface area contributed by atoms with Gasteiger partial charge in [-0.3, -0.25) is 0 Å². The van der Waals surface area contributed by atoms with Crippen LogP contribution in [0.2, 0.25) is 0 Å². The standard InChI is InChI=1S/C17H25NO/c1-3-14(11-15-4-2-8-18-13-15)12-17(5-1)16-6-9-19-10-7-16/h1,3,5,12,15-16,18H,2,4,6-11,13H2. The van der Waals surface area contributed by atoms with Crippen molar-refractivity contribution >= 4 is 0 Å². The maximum absolute atomic E-state index is 5.46. The molecule has 2 aliphatic heterocycles. The van der Waals surface area contributed by atoms with Gasteiger partial charge in [0.25, 0.3) is 0 Å². The van der Waals surface area contributed by atoms with Gasteiger partial charge in [0.05, 0.1) is 0 Å². The van der Waals surface area contributed by atoms with E-state index in [1.807, 2.05) is 0 Å². The lowest BCUT2D eigenvalue weighted by Gasteiger charge is -2.25. The first kappa shape index (κ1) is 13.1. The molecule has 2 aliphatic rings. The van der Waals surface area contributed by atoms with E-state index in [0.717, 1.165) is 25.0 Å². The molecule has 1 N–H and O–H groups in total. The minimum absolute atomic E-state index is 0.721. The maximum atomic E-state index is 5.46. The quantitative estimate of drug-likeness (QED) is 0.900. The molecule has 0 saturated carbocycles. The van der Waals surface area contributed by atoms with E-state index in [-0.39, 0.29) is 0 Å². The summed E-state index contributed by atoms with van der Waals surface area (Å²) in [6, 6.07) is 9.30. The summed E-state index contributed by atoms with van der Waals surface area (Å²) in [5.74, 6) is 1.55. The highest BCUT2D eigenvalue weighted by Gasteiger charge is 2.17. The Labute approximate surface area is 116 Å². The van der Waals surface area contributed by atoms with Gasteiger partial charge in [0.1, 0.15) is 0 Å². The lowest BCUT2D eigenvalue weighted by molar-refractivity contribution is 0.0853. The normalized spacial score (nSPS) is 25.4. The van der Waals surface area contributed by atoms with Crippen molar-refractivity contribution in [2.24, 2.45) is 5.92 Å². The molecule has 1 unspecified atom stereocenters. The van der Waals surface area contributed by atoms with Crippen LogP contribution in [-0.2, 0) is 11.2 Å². The van der Waals surface area contributed by atoms with Crippen molar-refractivity contribution in [1.82, 2.24) is 5.32 Å². The number of ether oxygens (including phenoxy) is 1. The number of piperidine rings is 1. The number of hydrogen-bond donors (Lipinski definition) is 1. The predicted molar refractivity (Wildman–Crippen MR) is 78.5 cm³/mol. The number of nitrogens with one attached hydrogen (secondary N) is 1. The van der Waals surface area contributed by atoms with Crippen LogP contribution in [0.25, 0.3) is 0 Å². The Bertz CT molecular complexity index is 392. The third kappa shape index (κ3) is 3.58. The molecule has 0 amide bonds. The number of hydrogen-bond acceptors (Lipinski definition) is 2. The van der Waals surface area contributed by atoms with E-state index in [9.17, 15) is 0 Å². The SMILES string of the molecule is c1cc(CC2CCCNC2)cc(C2CCOCC2)c1. The maximum Gasteiger partial charge on any atom is 0.0471 e. The van der Waals surface area contributed by atoms with Gasteiger partial charge in [-0.05, 0) is 68.2 Å². The highest BCUT2D eigenvalue weighted by Crippen LogP contribution is 2.28. The van der Waals surface area contributed by atoms with Crippen molar-refractivity contribution in [2.75, 3.05) is 26.3 Å². The van der Waals surface area contributed by atoms with Gasteiger partial charge < -0.3 is 10.1 Å². The molecule has 0 spiro atoms. The molecule has 2 heterocycles. The van der Waals surface area contributed by atoms with Gasteiger partial charge in [-0.2, -0.15) is 0 Å². The Morgan fingerprint density at radius 3 is 2.84 bits per heavy atom. The largest absolute Gasteiger partial charge is 0.381 e. The molecule has 1 atom stereocenters. The van der Waals surface area contributed by atoms with Crippen LogP contribution in [0.15, 0.2) is 24.3 Å². The third-order valence-electron chi connectivity index (χ3n) is 4.57. The molecule has 0 aliphatic carbocycles. The Balaban J connectivity index is 1.64. The molecule has 2 saturated heterocycles. The first-order valence-corrected chi connectivity index (χ1v) is 7.79. The van der Waals surface area contributed by atoms with Crippen LogP contribution in [0.5, 0.6) is 0 Å². The predicted octanol–water partition coefficient (Wildman–Crippen LogP) is 3.12. The van der Waals surface area contributed by atoms with E-state index in [2.05, 4.69) is 29.6 Å². The summed E-state index contributed by atoms with van der Waals surface area (Å²) in [5.41, 5.74) is 3.06. The van der Waals surface area contributed by atoms with E-state index in [0.29, 0.717) is 0 Å². The summed E-state index contributed by atoms with van der Waals surface area (Å²) in [6.07, 6.45) is 6.34. The second-order valence-corrected chi connectivity index (χ2v) is 6.05. The molecule has 0 radical (unpaired) electrons. The molecule has 0 aromatic heterocycles. The Hall–Kier alpha value is -0.860. The molecule has 2 fully saturated rings. The molecule has 19 heavy (non-hydrogen) atoms. The number of benzene rings is 1. The van der Waals surface area contributed by atoms with E-state index < -0.39 is 0 Å². The zero-order valence-electron chi connectivity index (χ0n) is 11.7. The molecule has 3 rings (SSSR count). The summed E-state index contributed by atoms with van der Waals surface area (Å²) in [7, 11) is 0. The fraction of sp³-hybridized carbons (Fsp3) is 0.647. The molecular formula is C17H25NO. The fourth-order valence-corrected chi connectivity index (χ4v) is 3.44. The lowest BCUT2D eigenvalue weighted by atomic mass is 9.87. The second kappa shape index (κ2) is 6.53. The van der Waals surface area contributed by atoms with E-state index >= 15 is 0 Å². The van der Waals surface area contributed by atoms with E-state index in [1.165, 1.54) is 56.3 Å². The smallest absolute Gasteiger partial charge is 0.0471 e. The summed E-state index contributed by atoms with van der Waals surface area (Å²) in [6.45, 7) is 4.27. The molecular weight excluding hydrogens is 234 g/mol. The van der Waals surface area contributed by atoms with Gasteiger partial charge in [0.15, 0.2) is 0 Å². The van der Waals surface area contributed by atoms with Crippen LogP contribution in [0.1, 0.15) is 42.7 Å². The Morgan fingerprint density at radius 2 is 2.05 bits per heavy atom. The van der Waals surface area contributed by atoms with Crippen LogP contribution in [0.4, 0.5) is 0 Å². The van der Waals surface area contributed by atoms with Crippen LogP contribution >= 0.6 is 0 Å². The van der Waals surface area contributed by atoms with E-state index in [1.54, 1.807) is 0 Å². The lowest BCUT2D eigenvalue weighted by Crippen LogP contribution is -2.30. The monoisotopic (exact) mass is 259 g/mol. The van der Waals surface area contributed by atoms with Crippen molar-refractivity contribution in [3.63, 3.8) is 0 Å². The van der Waals surface area contributed by atoms with Gasteiger partial charge in [-0.1, -0.05) is 24.3 Å². The fourth-order valence-electron chi connectivity index (χ4n) is 3.44. The molecule has 104 valence electrons. The number of rotatable bonds is 3. The Morgan fingerprint density at radius 1 is 1.16 bits per heavy atom. The zero-order chi connectivity index (χ0) is 12.9. The zero-order valence-corrected chi connectivity index (χ0v) is 11.7. The van der Waals surface area contributed by atoms with Crippen molar-refractivity contribution < 1.29 is 4.74 Å². The van der Waals surface area contributed by atoms with Crippen molar-refractivity contribution in [1.29, 1.82) is 0 Å². The van der Waals surface area contributed by atoms with Crippen LogP contribution in [0, 0.1) is 5.92 Å². The van der Waals surface area contributed by atoms with Crippen molar-refractivity contribution in [3.05, 3.63) is 35.4 Å². The van der Waals surface area contributed by atoms with Crippen molar-refractivity contribution in [3.8, 4) is 0 Å². The third-order valence-corrected chi connectivity index (χ3v) is 4.57. The summed E-state index contributed by atoms with van der Waals surface area (Å²) in [4.78, 5) is 0. The van der Waals surface area contributed by atoms with Gasteiger partial charge in [-0.25, -0.2) is 0 Å². The van der Waals surface area contributed by atoms with Crippen LogP contribution < -0.4 is 5.32 Å². The van der Waals surface area contributed by atoms with Gasteiger partial charge >= 0.3 is 0 Å². The first-order valence-electron chi connectivity index (χ1n) is 7.79. The van der Waals surface area contributed by atoms with Gasteiger partial charge in [0.2, 0.25) is 0 Å². The molecule has 2 nitrogen and oxygen atoms in total.